The Hall–Kier alpha value is -4.13. The maximum absolute atomic E-state index is 14.4. The molecule has 1 unspecified atom stereocenters. The van der Waals surface area contributed by atoms with Crippen molar-refractivity contribution in [3.05, 3.63) is 59.5 Å². The third kappa shape index (κ3) is 4.26. The van der Waals surface area contributed by atoms with Crippen molar-refractivity contribution in [1.82, 2.24) is 24.7 Å². The summed E-state index contributed by atoms with van der Waals surface area (Å²) < 4.78 is 61.6. The molecule has 2 aliphatic rings. The largest absolute Gasteiger partial charge is 0.416 e. The zero-order valence-corrected chi connectivity index (χ0v) is 21.0. The number of nitrogens with zero attached hydrogens (tertiary/aromatic N) is 6. The first-order valence-corrected chi connectivity index (χ1v) is 12.3. The van der Waals surface area contributed by atoms with Crippen molar-refractivity contribution in [2.24, 2.45) is 0 Å². The number of alkyl halides is 3. The Bertz CT molecular complexity index is 1600. The second-order valence-corrected chi connectivity index (χ2v) is 9.99. The molecule has 9 nitrogen and oxygen atoms in total. The zero-order valence-electron chi connectivity index (χ0n) is 21.0. The first-order valence-electron chi connectivity index (χ1n) is 12.3. The molecule has 1 fully saturated rings. The maximum atomic E-state index is 14.4. The van der Waals surface area contributed by atoms with E-state index in [4.69, 9.17) is 9.72 Å². The summed E-state index contributed by atoms with van der Waals surface area (Å²) in [4.78, 5) is 28.0. The van der Waals surface area contributed by atoms with Gasteiger partial charge in [0.1, 0.15) is 23.1 Å². The van der Waals surface area contributed by atoms with Crippen LogP contribution in [0.5, 0.6) is 0 Å². The minimum atomic E-state index is -4.56. The van der Waals surface area contributed by atoms with Crippen LogP contribution in [0.2, 0.25) is 0 Å². The number of rotatable bonds is 4. The lowest BCUT2D eigenvalue weighted by molar-refractivity contribution is -0.221. The number of amides is 1. The quantitative estimate of drug-likeness (QED) is 0.389. The molecule has 0 spiro atoms. The van der Waals surface area contributed by atoms with E-state index in [1.54, 1.807) is 50.4 Å². The van der Waals surface area contributed by atoms with Gasteiger partial charge in [0.05, 0.1) is 36.1 Å². The lowest BCUT2D eigenvalue weighted by Crippen LogP contribution is -2.50. The standard InChI is InChI=1S/C26H23F4N7O2/c1-25(2)18-20(34-24(25)38)32-21(33-23(18)36-10-11-39-17(13-36)26(28,29)30)19-15-7-5-9-31-22(15)37(35-19)12-14-6-3-4-8-16(14)27/h3-9,17H,10-13H2,1-2H3,(H,32,33,34,38). The molecule has 3 aromatic heterocycles. The number of halogens is 4. The van der Waals surface area contributed by atoms with E-state index in [9.17, 15) is 22.4 Å². The summed E-state index contributed by atoms with van der Waals surface area (Å²) in [5, 5.41) is 7.96. The van der Waals surface area contributed by atoms with Gasteiger partial charge in [-0.1, -0.05) is 18.2 Å². The van der Waals surface area contributed by atoms with Crippen molar-refractivity contribution in [3.8, 4) is 11.5 Å². The number of benzene rings is 1. The highest BCUT2D eigenvalue weighted by Crippen LogP contribution is 2.44. The highest BCUT2D eigenvalue weighted by molar-refractivity contribution is 6.06. The van der Waals surface area contributed by atoms with Crippen LogP contribution in [0.3, 0.4) is 0 Å². The highest BCUT2D eigenvalue weighted by atomic mass is 19.4. The van der Waals surface area contributed by atoms with Gasteiger partial charge in [-0.2, -0.15) is 18.3 Å². The number of aromatic nitrogens is 5. The van der Waals surface area contributed by atoms with Crippen LogP contribution < -0.4 is 10.2 Å². The van der Waals surface area contributed by atoms with Crippen molar-refractivity contribution in [2.45, 2.75) is 38.1 Å². The molecule has 39 heavy (non-hydrogen) atoms. The summed E-state index contributed by atoms with van der Waals surface area (Å²) in [5.74, 6) is -0.229. The van der Waals surface area contributed by atoms with Crippen LogP contribution in [-0.2, 0) is 21.5 Å². The molecule has 1 N–H and O–H groups in total. The van der Waals surface area contributed by atoms with Crippen LogP contribution in [0.1, 0.15) is 25.0 Å². The predicted octanol–water partition coefficient (Wildman–Crippen LogP) is 4.07. The molecule has 0 radical (unpaired) electrons. The summed E-state index contributed by atoms with van der Waals surface area (Å²) in [7, 11) is 0. The van der Waals surface area contributed by atoms with Crippen molar-refractivity contribution in [1.29, 1.82) is 0 Å². The summed E-state index contributed by atoms with van der Waals surface area (Å²) in [6, 6.07) is 9.77. The lowest BCUT2D eigenvalue weighted by Gasteiger charge is -2.36. The van der Waals surface area contributed by atoms with Gasteiger partial charge >= 0.3 is 6.18 Å². The Kier molecular flexibility index (Phi) is 5.79. The van der Waals surface area contributed by atoms with Gasteiger partial charge in [0.25, 0.3) is 0 Å². The molecule has 4 aromatic rings. The Balaban J connectivity index is 1.50. The highest BCUT2D eigenvalue weighted by Gasteiger charge is 2.47. The van der Waals surface area contributed by atoms with Crippen molar-refractivity contribution >= 4 is 28.6 Å². The van der Waals surface area contributed by atoms with E-state index < -0.39 is 30.1 Å². The third-order valence-corrected chi connectivity index (χ3v) is 7.04. The molecular formula is C26H23F4N7O2. The fraction of sp³-hybridized carbons (Fsp3) is 0.346. The molecule has 0 saturated carbocycles. The van der Waals surface area contributed by atoms with Crippen LogP contribution in [-0.4, -0.2) is 62.6 Å². The van der Waals surface area contributed by atoms with E-state index in [1.807, 2.05) is 0 Å². The number of carbonyl (C=O) groups excluding carboxylic acids is 1. The van der Waals surface area contributed by atoms with Gasteiger partial charge in [0.15, 0.2) is 17.6 Å². The molecule has 1 saturated heterocycles. The number of ether oxygens (including phenoxy) is 1. The number of pyridine rings is 1. The number of hydrogen-bond donors (Lipinski definition) is 1. The van der Waals surface area contributed by atoms with E-state index in [0.29, 0.717) is 27.9 Å². The molecule has 6 rings (SSSR count). The first kappa shape index (κ1) is 25.2. The van der Waals surface area contributed by atoms with Crippen LogP contribution in [0.25, 0.3) is 22.6 Å². The summed E-state index contributed by atoms with van der Waals surface area (Å²) in [5.41, 5.74) is 0.484. The normalized spacial score (nSPS) is 18.9. The first-order chi connectivity index (χ1) is 18.5. The Morgan fingerprint density at radius 1 is 1.15 bits per heavy atom. The van der Waals surface area contributed by atoms with Crippen molar-refractivity contribution in [2.75, 3.05) is 29.9 Å². The van der Waals surface area contributed by atoms with E-state index in [-0.39, 0.29) is 43.1 Å². The number of fused-ring (bicyclic) bond motifs is 2. The Morgan fingerprint density at radius 2 is 1.95 bits per heavy atom. The molecule has 13 heteroatoms. The number of hydrogen-bond acceptors (Lipinski definition) is 7. The number of anilines is 2. The summed E-state index contributed by atoms with van der Waals surface area (Å²) >= 11 is 0. The fourth-order valence-corrected chi connectivity index (χ4v) is 4.94. The van der Waals surface area contributed by atoms with Crippen LogP contribution in [0.4, 0.5) is 29.2 Å². The topological polar surface area (TPSA) is 98.1 Å². The van der Waals surface area contributed by atoms with Crippen LogP contribution in [0.15, 0.2) is 42.6 Å². The Morgan fingerprint density at radius 3 is 2.72 bits per heavy atom. The van der Waals surface area contributed by atoms with E-state index in [0.717, 1.165) is 0 Å². The molecular weight excluding hydrogens is 518 g/mol. The molecule has 1 amide bonds. The third-order valence-electron chi connectivity index (χ3n) is 7.04. The van der Waals surface area contributed by atoms with Crippen LogP contribution >= 0.6 is 0 Å². The summed E-state index contributed by atoms with van der Waals surface area (Å²) in [6.07, 6.45) is -4.98. The molecule has 1 atom stereocenters. The summed E-state index contributed by atoms with van der Waals surface area (Å²) in [6.45, 7) is 2.92. The number of morpholine rings is 1. The molecule has 0 aliphatic carbocycles. The van der Waals surface area contributed by atoms with Crippen LogP contribution in [0, 0.1) is 5.82 Å². The maximum Gasteiger partial charge on any atom is 0.416 e. The van der Waals surface area contributed by atoms with Gasteiger partial charge in [-0.15, -0.1) is 0 Å². The second-order valence-electron chi connectivity index (χ2n) is 9.99. The monoisotopic (exact) mass is 541 g/mol. The average Bonchev–Trinajstić information content (AvgIpc) is 3.38. The SMILES string of the molecule is CC1(C)C(=O)Nc2nc(-c3nn(Cc4ccccc4F)c4ncccc34)nc(N3CCOC(C(F)(F)F)C3)c21. The zero-order chi connectivity index (χ0) is 27.5. The molecule has 202 valence electrons. The smallest absolute Gasteiger partial charge is 0.365 e. The Labute approximate surface area is 219 Å². The number of nitrogens with one attached hydrogen (secondary N) is 1. The van der Waals surface area contributed by atoms with Gasteiger partial charge in [-0.25, -0.2) is 24.0 Å². The minimum Gasteiger partial charge on any atom is -0.365 e. The second kappa shape index (κ2) is 8.97. The lowest BCUT2D eigenvalue weighted by atomic mass is 9.86. The van der Waals surface area contributed by atoms with E-state index >= 15 is 0 Å². The minimum absolute atomic E-state index is 0.0818. The predicted molar refractivity (Wildman–Crippen MR) is 134 cm³/mol. The fourth-order valence-electron chi connectivity index (χ4n) is 4.94. The van der Waals surface area contributed by atoms with Gasteiger partial charge in [0.2, 0.25) is 5.91 Å². The van der Waals surface area contributed by atoms with Gasteiger partial charge in [-0.3, -0.25) is 4.79 Å². The van der Waals surface area contributed by atoms with Gasteiger partial charge in [-0.05, 0) is 32.0 Å². The number of carbonyl (C=O) groups is 1. The average molecular weight is 542 g/mol. The van der Waals surface area contributed by atoms with E-state index in [1.165, 1.54) is 15.6 Å². The van der Waals surface area contributed by atoms with E-state index in [2.05, 4.69) is 20.4 Å². The van der Waals surface area contributed by atoms with Gasteiger partial charge in [0, 0.05) is 18.3 Å². The molecule has 5 heterocycles. The van der Waals surface area contributed by atoms with Crippen molar-refractivity contribution in [3.63, 3.8) is 0 Å². The molecule has 2 aliphatic heterocycles. The van der Waals surface area contributed by atoms with Gasteiger partial charge < -0.3 is 15.0 Å². The molecule has 0 bridgehead atoms. The molecule has 1 aromatic carbocycles. The van der Waals surface area contributed by atoms with Crippen molar-refractivity contribution < 1.29 is 27.1 Å².